The monoisotopic (exact) mass is 303 g/mol. The van der Waals surface area contributed by atoms with Crippen LogP contribution in [0.25, 0.3) is 10.2 Å². The minimum Gasteiger partial charge on any atom is -0.374 e. The number of nitrogens with zero attached hydrogens (tertiary/aromatic N) is 2. The Hall–Kier alpha value is -1.62. The van der Waals surface area contributed by atoms with E-state index in [1.807, 2.05) is 30.9 Å². The number of nitrogens with one attached hydrogen (secondary N) is 1. The number of anilines is 1. The van der Waals surface area contributed by atoms with Crippen molar-refractivity contribution in [3.05, 3.63) is 23.2 Å². The summed E-state index contributed by atoms with van der Waals surface area (Å²) in [7, 11) is 0. The van der Waals surface area contributed by atoms with E-state index in [-0.39, 0.29) is 11.9 Å². The Morgan fingerprint density at radius 2 is 2.10 bits per heavy atom. The molecule has 0 radical (unpaired) electrons. The van der Waals surface area contributed by atoms with Crippen LogP contribution in [0.1, 0.15) is 31.2 Å². The fourth-order valence-electron chi connectivity index (χ4n) is 2.83. The molecule has 0 unspecified atom stereocenters. The van der Waals surface area contributed by atoms with Gasteiger partial charge in [-0.05, 0) is 51.3 Å². The summed E-state index contributed by atoms with van der Waals surface area (Å²) in [6.07, 6.45) is 3.50. The molecule has 0 bridgehead atoms. The Morgan fingerprint density at radius 3 is 2.86 bits per heavy atom. The molecule has 1 aromatic heterocycles. The van der Waals surface area contributed by atoms with Crippen molar-refractivity contribution >= 4 is 33.1 Å². The molecule has 2 heterocycles. The highest BCUT2D eigenvalue weighted by molar-refractivity contribution is 7.18. The predicted molar refractivity (Wildman–Crippen MR) is 87.9 cm³/mol. The van der Waals surface area contributed by atoms with Crippen LogP contribution in [0.2, 0.25) is 0 Å². The van der Waals surface area contributed by atoms with Crippen molar-refractivity contribution in [2.75, 3.05) is 18.4 Å². The number of thiazole rings is 1. The third kappa shape index (κ3) is 3.18. The molecular formula is C16H21N3OS. The first-order valence-electron chi connectivity index (χ1n) is 7.56. The van der Waals surface area contributed by atoms with Crippen LogP contribution in [0.15, 0.2) is 18.2 Å². The Morgan fingerprint density at radius 1 is 1.33 bits per heavy atom. The molecular weight excluding hydrogens is 282 g/mol. The van der Waals surface area contributed by atoms with E-state index in [2.05, 4.69) is 16.4 Å². The maximum atomic E-state index is 12.4. The number of hydrogen-bond donors (Lipinski definition) is 1. The van der Waals surface area contributed by atoms with E-state index in [0.717, 1.165) is 46.8 Å². The van der Waals surface area contributed by atoms with E-state index in [9.17, 15) is 4.79 Å². The summed E-state index contributed by atoms with van der Waals surface area (Å²) >= 11 is 1.68. The van der Waals surface area contributed by atoms with Crippen molar-refractivity contribution in [2.45, 2.75) is 39.2 Å². The van der Waals surface area contributed by atoms with Gasteiger partial charge in [0, 0.05) is 18.8 Å². The van der Waals surface area contributed by atoms with Gasteiger partial charge in [0.1, 0.15) is 6.04 Å². The van der Waals surface area contributed by atoms with E-state index in [1.165, 1.54) is 6.42 Å². The van der Waals surface area contributed by atoms with Gasteiger partial charge in [-0.15, -0.1) is 11.3 Å². The highest BCUT2D eigenvalue weighted by Crippen LogP contribution is 2.25. The average molecular weight is 303 g/mol. The van der Waals surface area contributed by atoms with Crippen LogP contribution >= 0.6 is 11.3 Å². The van der Waals surface area contributed by atoms with Gasteiger partial charge in [0.15, 0.2) is 0 Å². The molecule has 1 amide bonds. The highest BCUT2D eigenvalue weighted by atomic mass is 32.1. The van der Waals surface area contributed by atoms with Crippen molar-refractivity contribution < 1.29 is 4.79 Å². The standard InChI is InChI=1S/C16H21N3OS/c1-11(16(20)19-8-4-3-5-9-19)17-13-6-7-14-15(10-13)21-12(2)18-14/h6-7,10-11,17H,3-5,8-9H2,1-2H3/t11-/m0/s1. The molecule has 1 fully saturated rings. The number of likely N-dealkylation sites (tertiary alicyclic amines) is 1. The number of rotatable bonds is 3. The molecule has 1 saturated heterocycles. The SMILES string of the molecule is Cc1nc2ccc(N[C@@H](C)C(=O)N3CCCCC3)cc2s1. The quantitative estimate of drug-likeness (QED) is 0.945. The lowest BCUT2D eigenvalue weighted by molar-refractivity contribution is -0.132. The molecule has 1 aliphatic heterocycles. The predicted octanol–water partition coefficient (Wildman–Crippen LogP) is 3.42. The normalized spacial score (nSPS) is 17.0. The number of aromatic nitrogens is 1. The lowest BCUT2D eigenvalue weighted by atomic mass is 10.1. The van der Waals surface area contributed by atoms with Crippen LogP contribution in [-0.2, 0) is 4.79 Å². The van der Waals surface area contributed by atoms with E-state index in [1.54, 1.807) is 11.3 Å². The lowest BCUT2D eigenvalue weighted by Crippen LogP contribution is -2.43. The fraction of sp³-hybridized carbons (Fsp3) is 0.500. The summed E-state index contributed by atoms with van der Waals surface area (Å²) in [6, 6.07) is 5.91. The van der Waals surface area contributed by atoms with Gasteiger partial charge in [-0.3, -0.25) is 4.79 Å². The van der Waals surface area contributed by atoms with Gasteiger partial charge in [0.05, 0.1) is 15.2 Å². The molecule has 112 valence electrons. The molecule has 1 atom stereocenters. The average Bonchev–Trinajstić information content (AvgIpc) is 2.86. The molecule has 1 aromatic carbocycles. The summed E-state index contributed by atoms with van der Waals surface area (Å²) < 4.78 is 1.16. The van der Waals surface area contributed by atoms with Gasteiger partial charge in [-0.25, -0.2) is 4.98 Å². The van der Waals surface area contributed by atoms with E-state index < -0.39 is 0 Å². The van der Waals surface area contributed by atoms with Gasteiger partial charge >= 0.3 is 0 Å². The number of piperidine rings is 1. The molecule has 21 heavy (non-hydrogen) atoms. The van der Waals surface area contributed by atoms with E-state index >= 15 is 0 Å². The molecule has 3 rings (SSSR count). The zero-order valence-corrected chi connectivity index (χ0v) is 13.4. The number of carbonyl (C=O) groups is 1. The number of amides is 1. The molecule has 4 nitrogen and oxygen atoms in total. The van der Waals surface area contributed by atoms with Crippen molar-refractivity contribution in [3.8, 4) is 0 Å². The Labute approximate surface area is 129 Å². The fourth-order valence-corrected chi connectivity index (χ4v) is 3.70. The Bertz CT molecular complexity index is 646. The Balaban J connectivity index is 1.69. The van der Waals surface area contributed by atoms with Crippen LogP contribution in [0.5, 0.6) is 0 Å². The minimum atomic E-state index is -0.186. The lowest BCUT2D eigenvalue weighted by Gasteiger charge is -2.29. The van der Waals surface area contributed by atoms with Gasteiger partial charge in [-0.1, -0.05) is 0 Å². The zero-order chi connectivity index (χ0) is 14.8. The van der Waals surface area contributed by atoms with Crippen LogP contribution in [0.3, 0.4) is 0 Å². The second-order valence-corrected chi connectivity index (χ2v) is 6.90. The van der Waals surface area contributed by atoms with Crippen molar-refractivity contribution in [1.82, 2.24) is 9.88 Å². The second kappa shape index (κ2) is 6.02. The van der Waals surface area contributed by atoms with Crippen LogP contribution < -0.4 is 5.32 Å². The maximum Gasteiger partial charge on any atom is 0.244 e. The molecule has 0 saturated carbocycles. The smallest absolute Gasteiger partial charge is 0.244 e. The van der Waals surface area contributed by atoms with Gasteiger partial charge in [0.2, 0.25) is 5.91 Å². The van der Waals surface area contributed by atoms with Crippen LogP contribution in [0.4, 0.5) is 5.69 Å². The summed E-state index contributed by atoms with van der Waals surface area (Å²) in [4.78, 5) is 18.9. The number of aryl methyl sites for hydroxylation is 1. The number of hydrogen-bond acceptors (Lipinski definition) is 4. The first-order valence-corrected chi connectivity index (χ1v) is 8.37. The summed E-state index contributed by atoms with van der Waals surface area (Å²) in [5, 5.41) is 4.40. The molecule has 0 aliphatic carbocycles. The molecule has 1 N–H and O–H groups in total. The van der Waals surface area contributed by atoms with Crippen molar-refractivity contribution in [1.29, 1.82) is 0 Å². The van der Waals surface area contributed by atoms with Crippen LogP contribution in [0, 0.1) is 6.92 Å². The summed E-state index contributed by atoms with van der Waals surface area (Å²) in [5.41, 5.74) is 2.02. The van der Waals surface area contributed by atoms with E-state index in [0.29, 0.717) is 0 Å². The minimum absolute atomic E-state index is 0.186. The number of benzene rings is 1. The number of fused-ring (bicyclic) bond motifs is 1. The third-order valence-corrected chi connectivity index (χ3v) is 4.85. The zero-order valence-electron chi connectivity index (χ0n) is 12.6. The summed E-state index contributed by atoms with van der Waals surface area (Å²) in [5.74, 6) is 0.204. The molecule has 1 aliphatic rings. The maximum absolute atomic E-state index is 12.4. The second-order valence-electron chi connectivity index (χ2n) is 5.67. The first-order chi connectivity index (χ1) is 10.1. The molecule has 2 aromatic rings. The van der Waals surface area contributed by atoms with Crippen LogP contribution in [-0.4, -0.2) is 34.9 Å². The number of carbonyl (C=O) groups excluding carboxylic acids is 1. The van der Waals surface area contributed by atoms with Gasteiger partial charge in [-0.2, -0.15) is 0 Å². The summed E-state index contributed by atoms with van der Waals surface area (Å²) in [6.45, 7) is 5.76. The Kier molecular flexibility index (Phi) is 4.10. The topological polar surface area (TPSA) is 45.2 Å². The molecule has 0 spiro atoms. The molecule has 5 heteroatoms. The van der Waals surface area contributed by atoms with Crippen molar-refractivity contribution in [3.63, 3.8) is 0 Å². The van der Waals surface area contributed by atoms with Gasteiger partial charge in [0.25, 0.3) is 0 Å². The highest BCUT2D eigenvalue weighted by Gasteiger charge is 2.21. The van der Waals surface area contributed by atoms with Crippen molar-refractivity contribution in [2.24, 2.45) is 0 Å². The third-order valence-electron chi connectivity index (χ3n) is 3.92. The first kappa shape index (κ1) is 14.3. The van der Waals surface area contributed by atoms with E-state index in [4.69, 9.17) is 0 Å². The largest absolute Gasteiger partial charge is 0.374 e. The van der Waals surface area contributed by atoms with Gasteiger partial charge < -0.3 is 10.2 Å².